The summed E-state index contributed by atoms with van der Waals surface area (Å²) < 4.78 is 63.9. The number of allylic oxidation sites excluding steroid dienone is 1. The number of carbonyl (C=O) groups excluding carboxylic acids is 1. The van der Waals surface area contributed by atoms with Crippen LogP contribution < -0.4 is 0 Å². The lowest BCUT2D eigenvalue weighted by Crippen LogP contribution is -2.07. The van der Waals surface area contributed by atoms with Crippen LogP contribution in [0.4, 0.5) is 0 Å². The Bertz CT molecular complexity index is 1280. The highest BCUT2D eigenvalue weighted by Gasteiger charge is 2.42. The van der Waals surface area contributed by atoms with Crippen molar-refractivity contribution in [2.45, 2.75) is 169 Å². The summed E-state index contributed by atoms with van der Waals surface area (Å²) in [6.07, 6.45) is 22.6. The maximum absolute atomic E-state index is 11.5. The van der Waals surface area contributed by atoms with Crippen LogP contribution in [0.1, 0.15) is 169 Å². The molecule has 1 aliphatic heterocycles. The number of ether oxygens (including phenoxy) is 2. The molecule has 352 valence electrons. The number of esters is 1. The zero-order chi connectivity index (χ0) is 44.2. The Morgan fingerprint density at radius 3 is 1.00 bits per heavy atom. The molecule has 17 heteroatoms. The number of aliphatic hydroxyl groups excluding tert-OH is 2. The second-order valence-corrected chi connectivity index (χ2v) is 21.7. The Morgan fingerprint density at radius 1 is 0.417 bits per heavy atom. The molecule has 14 nitrogen and oxygen atoms in total. The average molecular weight is 912 g/mol. The molecule has 0 radical (unpaired) electrons. The topological polar surface area (TPSA) is 168 Å². The summed E-state index contributed by atoms with van der Waals surface area (Å²) in [5.41, 5.74) is 1.32. The van der Waals surface area contributed by atoms with Crippen molar-refractivity contribution >= 4 is 28.9 Å². The van der Waals surface area contributed by atoms with Crippen LogP contribution in [0, 0.1) is 0 Å². The Balaban J connectivity index is 2.83. The minimum absolute atomic E-state index is 0.0668. The first kappa shape index (κ1) is 56.9. The fourth-order valence-corrected chi connectivity index (χ4v) is 15.6. The van der Waals surface area contributed by atoms with Gasteiger partial charge in [-0.15, -0.1) is 13.5 Å². The smallest absolute Gasteiger partial charge is 0.349 e. The summed E-state index contributed by atoms with van der Waals surface area (Å²) in [5, 5.41) is 19.1. The maximum atomic E-state index is 11.5. The number of carbonyl (C=O) groups is 1. The largest absolute Gasteiger partial charge is 0.494 e. The number of nitrogens with zero attached hydrogens (tertiary/aromatic N) is 3. The molecule has 0 aromatic carbocycles. The van der Waals surface area contributed by atoms with Crippen LogP contribution in [0.5, 0.6) is 0 Å². The van der Waals surface area contributed by atoms with Gasteiger partial charge < -0.3 is 46.8 Å². The van der Waals surface area contributed by atoms with E-state index >= 15 is 0 Å². The molecule has 0 aromatic rings. The van der Waals surface area contributed by atoms with Crippen LogP contribution in [0.25, 0.3) is 0 Å². The van der Waals surface area contributed by atoms with E-state index in [0.717, 1.165) is 82.6 Å². The Kier molecular flexibility index (Phi) is 34.3. The van der Waals surface area contributed by atoms with E-state index in [1.165, 1.54) is 51.4 Å². The lowest BCUT2D eigenvalue weighted by atomic mass is 10.1. The minimum atomic E-state index is -3.45. The third-order valence-electron chi connectivity index (χ3n) is 9.33. The molecule has 2 N–H and O–H groups in total. The second-order valence-electron chi connectivity index (χ2n) is 15.1. The summed E-state index contributed by atoms with van der Waals surface area (Å²) in [6, 6.07) is 0. The van der Waals surface area contributed by atoms with Gasteiger partial charge in [0.2, 0.25) is 0 Å². The van der Waals surface area contributed by atoms with E-state index in [9.17, 15) is 15.0 Å². The highest BCUT2D eigenvalue weighted by atomic mass is 31.3. The van der Waals surface area contributed by atoms with Crippen molar-refractivity contribution in [3.8, 4) is 0 Å². The van der Waals surface area contributed by atoms with Gasteiger partial charge in [-0.3, -0.25) is 0 Å². The van der Waals surface area contributed by atoms with E-state index in [1.54, 1.807) is 6.92 Å². The standard InChI is InChI=1S/C43H84N3O11P3/c1-8-52-58(53-9-2)44-59(46-60(45-58,56-38-30-32-47)57-39-31-33-48,54-36-28-24-20-16-12-10-14-18-22-26-34-50-42(7)40(3)4)55-37-29-25-21-17-13-11-15-19-23-27-35-51-43(49)41(5)6/h47-48H,3,5,7-39H2,1-2,4,6H3. The van der Waals surface area contributed by atoms with Crippen molar-refractivity contribution in [3.63, 3.8) is 0 Å². The third kappa shape index (κ3) is 27.1. The molecule has 0 fully saturated rings. The summed E-state index contributed by atoms with van der Waals surface area (Å²) in [7, 11) is -10.2. The summed E-state index contributed by atoms with van der Waals surface area (Å²) in [6.45, 7) is 21.4. The van der Waals surface area contributed by atoms with Crippen LogP contribution in [0.2, 0.25) is 0 Å². The van der Waals surface area contributed by atoms with Crippen LogP contribution >= 0.6 is 23.0 Å². The normalized spacial score (nSPS) is 16.7. The maximum Gasteiger partial charge on any atom is 0.349 e. The molecule has 1 atom stereocenters. The second kappa shape index (κ2) is 36.2. The van der Waals surface area contributed by atoms with Gasteiger partial charge in [0, 0.05) is 18.8 Å². The average Bonchev–Trinajstić information content (AvgIpc) is 3.21. The first-order valence-electron chi connectivity index (χ1n) is 22.8. The van der Waals surface area contributed by atoms with E-state index in [4.69, 9.17) is 50.2 Å². The van der Waals surface area contributed by atoms with E-state index < -0.39 is 23.0 Å². The van der Waals surface area contributed by atoms with Gasteiger partial charge in [-0.2, -0.15) is 0 Å². The zero-order valence-electron chi connectivity index (χ0n) is 38.0. The molecule has 0 bridgehead atoms. The Hall–Kier alpha value is -1.14. The number of hydrogen-bond acceptors (Lipinski definition) is 14. The monoisotopic (exact) mass is 912 g/mol. The predicted octanol–water partition coefficient (Wildman–Crippen LogP) is 13.8. The first-order valence-corrected chi connectivity index (χ1v) is 27.4. The zero-order valence-corrected chi connectivity index (χ0v) is 40.7. The molecule has 0 aliphatic carbocycles. The van der Waals surface area contributed by atoms with Crippen LogP contribution in [-0.4, -0.2) is 82.3 Å². The van der Waals surface area contributed by atoms with Gasteiger partial charge in [-0.05, 0) is 71.8 Å². The van der Waals surface area contributed by atoms with Crippen molar-refractivity contribution in [3.05, 3.63) is 36.6 Å². The van der Waals surface area contributed by atoms with Crippen molar-refractivity contribution in [2.75, 3.05) is 66.1 Å². The highest BCUT2D eigenvalue weighted by molar-refractivity contribution is 7.78. The molecule has 0 spiro atoms. The van der Waals surface area contributed by atoms with Crippen molar-refractivity contribution < 1.29 is 51.6 Å². The SMILES string of the molecule is C=C(C)C(=C)OCCCCCCCCCCCCOP1(OCCCCCCCCCCCCOC(=O)C(=C)C)=NP(OCC)(OCC)=NP(OCCCO)(OCCCO)=N1. The molecular weight excluding hydrogens is 827 g/mol. The van der Waals surface area contributed by atoms with Crippen LogP contribution in [-0.2, 0) is 41.4 Å². The minimum Gasteiger partial charge on any atom is -0.494 e. The first-order chi connectivity index (χ1) is 29.0. The number of rotatable bonds is 43. The molecular formula is C43H84N3O11P3. The van der Waals surface area contributed by atoms with E-state index in [-0.39, 0.29) is 32.4 Å². The van der Waals surface area contributed by atoms with Gasteiger partial charge in [0.25, 0.3) is 0 Å². The lowest BCUT2D eigenvalue weighted by Gasteiger charge is -2.33. The molecule has 0 aromatic heterocycles. The Labute approximate surface area is 364 Å². The predicted molar refractivity (Wildman–Crippen MR) is 247 cm³/mol. The highest BCUT2D eigenvalue weighted by Crippen LogP contribution is 2.80. The number of unbranched alkanes of at least 4 members (excludes halogenated alkanes) is 18. The summed E-state index contributed by atoms with van der Waals surface area (Å²) in [4.78, 5) is 11.5. The van der Waals surface area contributed by atoms with Gasteiger partial charge in [0.1, 0.15) is 5.76 Å². The quantitative estimate of drug-likeness (QED) is 0.0149. The molecule has 1 unspecified atom stereocenters. The van der Waals surface area contributed by atoms with Crippen LogP contribution in [0.3, 0.4) is 0 Å². The van der Waals surface area contributed by atoms with Crippen molar-refractivity contribution in [1.29, 1.82) is 0 Å². The van der Waals surface area contributed by atoms with Gasteiger partial charge in [-0.1, -0.05) is 122 Å². The van der Waals surface area contributed by atoms with Crippen LogP contribution in [0.15, 0.2) is 50.2 Å². The van der Waals surface area contributed by atoms with Gasteiger partial charge in [-0.25, -0.2) is 4.79 Å². The lowest BCUT2D eigenvalue weighted by molar-refractivity contribution is -0.139. The van der Waals surface area contributed by atoms with E-state index in [1.807, 2.05) is 20.8 Å². The van der Waals surface area contributed by atoms with Crippen molar-refractivity contribution in [1.82, 2.24) is 0 Å². The molecule has 1 heterocycles. The number of aliphatic hydroxyl groups is 2. The molecule has 60 heavy (non-hydrogen) atoms. The molecule has 0 saturated carbocycles. The fraction of sp³-hybridized carbons (Fsp3) is 0.837. The van der Waals surface area contributed by atoms with E-state index in [0.29, 0.717) is 63.8 Å². The van der Waals surface area contributed by atoms with Gasteiger partial charge in [0.05, 0.1) is 52.9 Å². The number of hydrogen-bond donors (Lipinski definition) is 2. The van der Waals surface area contributed by atoms with Crippen molar-refractivity contribution in [2.24, 2.45) is 13.5 Å². The Morgan fingerprint density at radius 2 is 0.700 bits per heavy atom. The molecule has 0 saturated heterocycles. The molecule has 0 amide bonds. The molecule has 1 aliphatic rings. The summed E-state index contributed by atoms with van der Waals surface area (Å²) in [5.74, 6) is 0.375. The van der Waals surface area contributed by atoms with Gasteiger partial charge >= 0.3 is 28.9 Å². The molecule has 1 rings (SSSR count). The fourth-order valence-electron chi connectivity index (χ4n) is 5.95. The third-order valence-corrected chi connectivity index (χ3v) is 18.0. The van der Waals surface area contributed by atoms with Gasteiger partial charge in [0.15, 0.2) is 0 Å². The van der Waals surface area contributed by atoms with E-state index in [2.05, 4.69) is 19.7 Å². The summed E-state index contributed by atoms with van der Waals surface area (Å²) >= 11 is 0.